The quantitative estimate of drug-likeness (QED) is 0.173. The van der Waals surface area contributed by atoms with Gasteiger partial charge < -0.3 is 8.98 Å². The van der Waals surface area contributed by atoms with Crippen molar-refractivity contribution in [2.75, 3.05) is 0 Å². The number of benzene rings is 10. The molecule has 0 saturated carbocycles. The third kappa shape index (κ3) is 3.78. The molecule has 0 unspecified atom stereocenters. The first-order valence-electron chi connectivity index (χ1n) is 17.9. The Labute approximate surface area is 298 Å². The van der Waals surface area contributed by atoms with Gasteiger partial charge in [0.25, 0.3) is 0 Å². The van der Waals surface area contributed by atoms with Gasteiger partial charge in [0.2, 0.25) is 0 Å². The maximum Gasteiger partial charge on any atom is 0.160 e. The lowest BCUT2D eigenvalue weighted by atomic mass is 9.87. The summed E-state index contributed by atoms with van der Waals surface area (Å²) in [5, 5.41) is 14.9. The predicted octanol–water partition coefficient (Wildman–Crippen LogP) is 14.1. The van der Waals surface area contributed by atoms with Gasteiger partial charge in [0.1, 0.15) is 5.58 Å². The zero-order valence-corrected chi connectivity index (χ0v) is 28.1. The predicted molar refractivity (Wildman–Crippen MR) is 220 cm³/mol. The van der Waals surface area contributed by atoms with Crippen molar-refractivity contribution in [2.45, 2.75) is 0 Å². The molecule has 0 atom stereocenters. The van der Waals surface area contributed by atoms with Crippen LogP contribution in [0.2, 0.25) is 0 Å². The van der Waals surface area contributed by atoms with E-state index in [1.807, 2.05) is 0 Å². The van der Waals surface area contributed by atoms with E-state index >= 15 is 0 Å². The third-order valence-electron chi connectivity index (χ3n) is 11.3. The molecule has 0 fully saturated rings. The highest BCUT2D eigenvalue weighted by molar-refractivity contribution is 6.28. The van der Waals surface area contributed by atoms with Crippen LogP contribution in [0.25, 0.3) is 115 Å². The molecule has 0 spiro atoms. The molecule has 240 valence electrons. The molecule has 0 amide bonds. The average molecular weight is 660 g/mol. The summed E-state index contributed by atoms with van der Waals surface area (Å²) < 4.78 is 9.14. The van der Waals surface area contributed by atoms with Gasteiger partial charge in [-0.05, 0) is 108 Å². The summed E-state index contributed by atoms with van der Waals surface area (Å²) in [4.78, 5) is 0. The summed E-state index contributed by atoms with van der Waals surface area (Å²) in [5.41, 5.74) is 10.1. The Balaban J connectivity index is 1.08. The summed E-state index contributed by atoms with van der Waals surface area (Å²) in [6.45, 7) is 0. The van der Waals surface area contributed by atoms with E-state index < -0.39 is 0 Å². The van der Waals surface area contributed by atoms with E-state index in [9.17, 15) is 0 Å². The Bertz CT molecular complexity index is 3400. The number of rotatable bonds is 3. The van der Waals surface area contributed by atoms with Gasteiger partial charge in [-0.15, -0.1) is 0 Å². The Morgan fingerprint density at radius 3 is 1.75 bits per heavy atom. The van der Waals surface area contributed by atoms with Crippen molar-refractivity contribution < 1.29 is 4.42 Å². The molecule has 2 nitrogen and oxygen atoms in total. The standard InChI is InChI=1S/C50H29NO/c1-2-10-36(11-3-1)51-45-13-7-6-12-39(45)42-25-26-43-44-29-35(20-27-46(44)52-50(43)49(42)51)38-22-17-32-18-23-40-37(21-16-31-19-24-41(38)48(32)47(31)40)34-15-14-30-8-4-5-9-33(30)28-34/h1-29H. The van der Waals surface area contributed by atoms with Crippen LogP contribution in [0.5, 0.6) is 0 Å². The Kier molecular flexibility index (Phi) is 5.53. The van der Waals surface area contributed by atoms with Crippen LogP contribution >= 0.6 is 0 Å². The first-order chi connectivity index (χ1) is 25.8. The molecule has 0 saturated heterocycles. The maximum atomic E-state index is 6.79. The van der Waals surface area contributed by atoms with Gasteiger partial charge in [0, 0.05) is 27.2 Å². The van der Waals surface area contributed by atoms with Gasteiger partial charge in [0.15, 0.2) is 5.58 Å². The van der Waals surface area contributed by atoms with Gasteiger partial charge in [-0.3, -0.25) is 0 Å². The van der Waals surface area contributed by atoms with Gasteiger partial charge in [-0.25, -0.2) is 0 Å². The van der Waals surface area contributed by atoms with Gasteiger partial charge in [0.05, 0.1) is 11.0 Å². The Morgan fingerprint density at radius 1 is 0.365 bits per heavy atom. The van der Waals surface area contributed by atoms with E-state index in [-0.39, 0.29) is 0 Å². The monoisotopic (exact) mass is 659 g/mol. The van der Waals surface area contributed by atoms with Gasteiger partial charge in [-0.1, -0.05) is 133 Å². The van der Waals surface area contributed by atoms with E-state index in [1.165, 1.54) is 81.6 Å². The second-order valence-corrected chi connectivity index (χ2v) is 14.1. The minimum absolute atomic E-state index is 0.897. The van der Waals surface area contributed by atoms with Crippen molar-refractivity contribution in [3.8, 4) is 27.9 Å². The van der Waals surface area contributed by atoms with E-state index in [2.05, 4.69) is 180 Å². The third-order valence-corrected chi connectivity index (χ3v) is 11.3. The first kappa shape index (κ1) is 27.9. The van der Waals surface area contributed by atoms with Gasteiger partial charge in [-0.2, -0.15) is 0 Å². The highest BCUT2D eigenvalue weighted by Crippen LogP contribution is 2.45. The van der Waals surface area contributed by atoms with Crippen LogP contribution in [0.3, 0.4) is 0 Å². The highest BCUT2D eigenvalue weighted by Gasteiger charge is 2.20. The van der Waals surface area contributed by atoms with Crippen molar-refractivity contribution >= 4 is 86.8 Å². The highest BCUT2D eigenvalue weighted by atomic mass is 16.3. The number of fused-ring (bicyclic) bond motifs is 8. The molecule has 0 radical (unpaired) electrons. The molecule has 10 aromatic carbocycles. The topological polar surface area (TPSA) is 18.1 Å². The van der Waals surface area contributed by atoms with Crippen molar-refractivity contribution in [1.82, 2.24) is 4.57 Å². The summed E-state index contributed by atoms with van der Waals surface area (Å²) in [6.07, 6.45) is 0. The number of aromatic nitrogens is 1. The molecule has 12 rings (SSSR count). The fourth-order valence-electron chi connectivity index (χ4n) is 8.96. The fourth-order valence-corrected chi connectivity index (χ4v) is 8.96. The molecule has 2 heterocycles. The molecular weight excluding hydrogens is 631 g/mol. The van der Waals surface area contributed by atoms with E-state index in [0.717, 1.165) is 33.1 Å². The summed E-state index contributed by atoms with van der Waals surface area (Å²) in [5.74, 6) is 0. The fraction of sp³-hybridized carbons (Fsp3) is 0. The maximum absolute atomic E-state index is 6.79. The Morgan fingerprint density at radius 2 is 0.962 bits per heavy atom. The van der Waals surface area contributed by atoms with Crippen molar-refractivity contribution in [2.24, 2.45) is 0 Å². The van der Waals surface area contributed by atoms with Crippen LogP contribution in [0.4, 0.5) is 0 Å². The molecule has 0 N–H and O–H groups in total. The van der Waals surface area contributed by atoms with E-state index in [0.29, 0.717) is 0 Å². The van der Waals surface area contributed by atoms with Gasteiger partial charge >= 0.3 is 0 Å². The number of furan rings is 1. The molecule has 0 aliphatic heterocycles. The summed E-state index contributed by atoms with van der Waals surface area (Å²) in [6, 6.07) is 64.3. The zero-order valence-electron chi connectivity index (χ0n) is 28.1. The number of hydrogen-bond acceptors (Lipinski definition) is 1. The van der Waals surface area contributed by atoms with Crippen LogP contribution in [0.1, 0.15) is 0 Å². The summed E-state index contributed by atoms with van der Waals surface area (Å²) >= 11 is 0. The van der Waals surface area contributed by atoms with E-state index in [4.69, 9.17) is 4.42 Å². The summed E-state index contributed by atoms with van der Waals surface area (Å²) in [7, 11) is 0. The molecule has 0 aliphatic rings. The second-order valence-electron chi connectivity index (χ2n) is 14.1. The van der Waals surface area contributed by atoms with Crippen LogP contribution in [-0.2, 0) is 0 Å². The molecule has 0 aliphatic carbocycles. The lowest BCUT2D eigenvalue weighted by Gasteiger charge is -2.17. The molecule has 2 aromatic heterocycles. The van der Waals surface area contributed by atoms with Crippen LogP contribution in [0.15, 0.2) is 180 Å². The van der Waals surface area contributed by atoms with E-state index in [1.54, 1.807) is 0 Å². The molecular formula is C50H29NO. The second kappa shape index (κ2) is 10.3. The number of para-hydroxylation sites is 2. The van der Waals surface area contributed by atoms with Crippen LogP contribution in [0, 0.1) is 0 Å². The largest absolute Gasteiger partial charge is 0.454 e. The normalized spacial score (nSPS) is 12.2. The number of nitrogens with zero attached hydrogens (tertiary/aromatic N) is 1. The number of hydrogen-bond donors (Lipinski definition) is 0. The molecule has 52 heavy (non-hydrogen) atoms. The SMILES string of the molecule is c1ccc(-n2c3ccccc3c3ccc4c5cc(-c6ccc7ccc8c(-c9ccc%10ccccc%10c9)ccc9ccc6c7c98)ccc5oc4c32)cc1. The lowest BCUT2D eigenvalue weighted by Crippen LogP contribution is -1.93. The minimum atomic E-state index is 0.897. The smallest absolute Gasteiger partial charge is 0.160 e. The first-order valence-corrected chi connectivity index (χ1v) is 17.9. The van der Waals surface area contributed by atoms with Crippen LogP contribution < -0.4 is 0 Å². The Hall–Kier alpha value is -6.90. The van der Waals surface area contributed by atoms with Crippen LogP contribution in [-0.4, -0.2) is 4.57 Å². The van der Waals surface area contributed by atoms with Crippen molar-refractivity contribution in [1.29, 1.82) is 0 Å². The zero-order chi connectivity index (χ0) is 33.9. The lowest BCUT2D eigenvalue weighted by molar-refractivity contribution is 0.671. The average Bonchev–Trinajstić information content (AvgIpc) is 3.75. The minimum Gasteiger partial charge on any atom is -0.454 e. The van der Waals surface area contributed by atoms with Crippen molar-refractivity contribution in [3.05, 3.63) is 176 Å². The van der Waals surface area contributed by atoms with Crippen molar-refractivity contribution in [3.63, 3.8) is 0 Å². The molecule has 12 aromatic rings. The molecule has 0 bridgehead atoms. The molecule has 2 heteroatoms.